The fourth-order valence-electron chi connectivity index (χ4n) is 2.83. The summed E-state index contributed by atoms with van der Waals surface area (Å²) in [6, 6.07) is 10.8. The second kappa shape index (κ2) is 5.85. The molecule has 1 aliphatic rings. The molecular weight excluding hydrogens is 363 g/mol. The van der Waals surface area contributed by atoms with Gasteiger partial charge in [0, 0.05) is 5.56 Å². The van der Waals surface area contributed by atoms with E-state index in [-0.39, 0.29) is 18.4 Å². The van der Waals surface area contributed by atoms with Crippen LogP contribution in [0.1, 0.15) is 16.7 Å². The molecule has 0 unspecified atom stereocenters. The maximum absolute atomic E-state index is 14.7. The molecular formula is C17H16BrFN2O2. The molecule has 0 saturated heterocycles. The fraction of sp³-hybridized carbons (Fsp3) is 0.235. The number of methoxy groups -OCH3 is 1. The Morgan fingerprint density at radius 3 is 2.74 bits per heavy atom. The molecule has 0 aliphatic carbocycles. The molecule has 120 valence electrons. The van der Waals surface area contributed by atoms with Gasteiger partial charge in [-0.15, -0.1) is 0 Å². The van der Waals surface area contributed by atoms with Gasteiger partial charge in [0.1, 0.15) is 18.2 Å². The van der Waals surface area contributed by atoms with Gasteiger partial charge in [0.15, 0.2) is 5.54 Å². The van der Waals surface area contributed by atoms with Crippen molar-refractivity contribution in [3.8, 4) is 5.75 Å². The molecule has 23 heavy (non-hydrogen) atoms. The Kier molecular flexibility index (Phi) is 4.02. The predicted molar refractivity (Wildman–Crippen MR) is 90.2 cm³/mol. The lowest BCUT2D eigenvalue weighted by Crippen LogP contribution is -2.28. The van der Waals surface area contributed by atoms with Crippen molar-refractivity contribution < 1.29 is 13.9 Å². The topological polar surface area (TPSA) is 56.8 Å². The summed E-state index contributed by atoms with van der Waals surface area (Å²) in [6.45, 7) is 2.08. The van der Waals surface area contributed by atoms with Gasteiger partial charge in [-0.1, -0.05) is 18.2 Å². The number of nitrogens with zero attached hydrogens (tertiary/aromatic N) is 1. The molecule has 0 bridgehead atoms. The largest absolute Gasteiger partial charge is 0.496 e. The summed E-state index contributed by atoms with van der Waals surface area (Å²) in [4.78, 5) is 4.43. The third-order valence-corrected chi connectivity index (χ3v) is 4.61. The molecule has 0 radical (unpaired) electrons. The second-order valence-corrected chi connectivity index (χ2v) is 6.24. The normalized spacial score (nSPS) is 20.1. The molecule has 0 spiro atoms. The number of benzene rings is 2. The first-order chi connectivity index (χ1) is 11.0. The summed E-state index contributed by atoms with van der Waals surface area (Å²) in [7, 11) is 1.61. The number of halogens is 2. The minimum Gasteiger partial charge on any atom is -0.496 e. The maximum atomic E-state index is 14.7. The van der Waals surface area contributed by atoms with Crippen LogP contribution < -0.4 is 10.5 Å². The molecule has 1 atom stereocenters. The molecule has 3 rings (SSSR count). The molecule has 1 aliphatic heterocycles. The number of aryl methyl sites for hydroxylation is 1. The maximum Gasteiger partial charge on any atom is 0.283 e. The van der Waals surface area contributed by atoms with Crippen molar-refractivity contribution in [2.24, 2.45) is 10.7 Å². The predicted octanol–water partition coefficient (Wildman–Crippen LogP) is 3.49. The highest BCUT2D eigenvalue weighted by Crippen LogP contribution is 2.41. The number of aliphatic imine (C=N–C) groups is 1. The van der Waals surface area contributed by atoms with Gasteiger partial charge in [-0.3, -0.25) is 0 Å². The fourth-order valence-corrected chi connectivity index (χ4v) is 3.20. The van der Waals surface area contributed by atoms with Crippen LogP contribution in [0.2, 0.25) is 0 Å². The van der Waals surface area contributed by atoms with Gasteiger partial charge in [0.05, 0.1) is 11.6 Å². The van der Waals surface area contributed by atoms with E-state index in [1.165, 1.54) is 0 Å². The Hall–Kier alpha value is -2.08. The van der Waals surface area contributed by atoms with E-state index in [0.29, 0.717) is 10.0 Å². The van der Waals surface area contributed by atoms with E-state index in [1.54, 1.807) is 25.3 Å². The van der Waals surface area contributed by atoms with Gasteiger partial charge in [-0.05, 0) is 52.2 Å². The zero-order valence-electron chi connectivity index (χ0n) is 12.8. The monoisotopic (exact) mass is 378 g/mol. The molecule has 2 aromatic carbocycles. The van der Waals surface area contributed by atoms with Crippen molar-refractivity contribution in [2.45, 2.75) is 12.5 Å². The molecule has 0 saturated carbocycles. The van der Waals surface area contributed by atoms with Crippen molar-refractivity contribution in [1.29, 1.82) is 0 Å². The van der Waals surface area contributed by atoms with Gasteiger partial charge in [-0.2, -0.15) is 0 Å². The highest BCUT2D eigenvalue weighted by Gasteiger charge is 2.42. The Bertz CT molecular complexity index is 794. The van der Waals surface area contributed by atoms with E-state index in [4.69, 9.17) is 15.2 Å². The van der Waals surface area contributed by atoms with Crippen LogP contribution >= 0.6 is 15.9 Å². The number of hydrogen-bond donors (Lipinski definition) is 1. The van der Waals surface area contributed by atoms with Crippen LogP contribution in [0.3, 0.4) is 0 Å². The zero-order chi connectivity index (χ0) is 16.6. The van der Waals surface area contributed by atoms with E-state index in [2.05, 4.69) is 20.9 Å². The highest BCUT2D eigenvalue weighted by molar-refractivity contribution is 9.10. The minimum absolute atomic E-state index is 0.0536. The number of ether oxygens (including phenoxy) is 2. The Balaban J connectivity index is 2.23. The van der Waals surface area contributed by atoms with E-state index in [0.717, 1.165) is 16.9 Å². The first-order valence-electron chi connectivity index (χ1n) is 7.05. The third-order valence-electron chi connectivity index (χ3n) is 4.00. The van der Waals surface area contributed by atoms with Gasteiger partial charge >= 0.3 is 0 Å². The van der Waals surface area contributed by atoms with Gasteiger partial charge in [0.2, 0.25) is 0 Å². The summed E-state index contributed by atoms with van der Waals surface area (Å²) < 4.78 is 25.8. The van der Waals surface area contributed by atoms with E-state index in [9.17, 15) is 4.39 Å². The minimum atomic E-state index is -1.00. The number of rotatable bonds is 3. The first-order valence-corrected chi connectivity index (χ1v) is 7.85. The van der Waals surface area contributed by atoms with Crippen LogP contribution in [0.5, 0.6) is 5.75 Å². The summed E-state index contributed by atoms with van der Waals surface area (Å²) in [5.41, 5.74) is 6.88. The van der Waals surface area contributed by atoms with Gasteiger partial charge in [-0.25, -0.2) is 9.38 Å². The Labute approximate surface area is 142 Å². The van der Waals surface area contributed by atoms with Gasteiger partial charge in [0.25, 0.3) is 6.02 Å². The van der Waals surface area contributed by atoms with Crippen LogP contribution in [-0.2, 0) is 10.3 Å². The SMILES string of the molecule is COc1ccc([C@]2(c3cccc(Br)c3F)COC(N)=N2)cc1C. The van der Waals surface area contributed by atoms with E-state index < -0.39 is 5.54 Å². The number of amidine groups is 1. The lowest BCUT2D eigenvalue weighted by molar-refractivity contribution is 0.274. The lowest BCUT2D eigenvalue weighted by atomic mass is 9.83. The van der Waals surface area contributed by atoms with Crippen LogP contribution in [-0.4, -0.2) is 19.7 Å². The molecule has 2 aromatic rings. The average molecular weight is 379 g/mol. The first kappa shape index (κ1) is 15.8. The molecule has 6 heteroatoms. The molecule has 4 nitrogen and oxygen atoms in total. The summed E-state index contributed by atoms with van der Waals surface area (Å²) >= 11 is 3.23. The summed E-state index contributed by atoms with van der Waals surface area (Å²) in [5, 5.41) is 0. The molecule has 0 amide bonds. The van der Waals surface area contributed by atoms with Crippen molar-refractivity contribution in [3.63, 3.8) is 0 Å². The third kappa shape index (κ3) is 2.57. The van der Waals surface area contributed by atoms with Crippen molar-refractivity contribution >= 4 is 22.0 Å². The van der Waals surface area contributed by atoms with Crippen molar-refractivity contribution in [3.05, 3.63) is 63.4 Å². The Morgan fingerprint density at radius 1 is 1.35 bits per heavy atom. The quantitative estimate of drug-likeness (QED) is 0.888. The van der Waals surface area contributed by atoms with Crippen molar-refractivity contribution in [1.82, 2.24) is 0 Å². The zero-order valence-corrected chi connectivity index (χ0v) is 14.4. The van der Waals surface area contributed by atoms with Crippen LogP contribution in [0.15, 0.2) is 45.9 Å². The molecule has 1 heterocycles. The highest BCUT2D eigenvalue weighted by atomic mass is 79.9. The molecule has 0 fully saturated rings. The second-order valence-electron chi connectivity index (χ2n) is 5.38. The average Bonchev–Trinajstić information content (AvgIpc) is 2.93. The number of hydrogen-bond acceptors (Lipinski definition) is 4. The Morgan fingerprint density at radius 2 is 2.13 bits per heavy atom. The smallest absolute Gasteiger partial charge is 0.283 e. The lowest BCUT2D eigenvalue weighted by Gasteiger charge is -2.26. The van der Waals surface area contributed by atoms with Crippen LogP contribution in [0, 0.1) is 12.7 Å². The molecule has 0 aromatic heterocycles. The number of nitrogens with two attached hydrogens (primary N) is 1. The summed E-state index contributed by atoms with van der Waals surface area (Å²) in [6.07, 6.45) is 0. The van der Waals surface area contributed by atoms with Crippen LogP contribution in [0.25, 0.3) is 0 Å². The molecule has 2 N–H and O–H groups in total. The van der Waals surface area contributed by atoms with Crippen molar-refractivity contribution in [2.75, 3.05) is 13.7 Å². The summed E-state index contributed by atoms with van der Waals surface area (Å²) in [5.74, 6) is 0.387. The van der Waals surface area contributed by atoms with Gasteiger partial charge < -0.3 is 15.2 Å². The van der Waals surface area contributed by atoms with E-state index >= 15 is 0 Å². The standard InChI is InChI=1S/C17H16BrFN2O2/c1-10-8-11(6-7-14(10)22-2)17(9-23-16(20)21-17)12-4-3-5-13(18)15(12)19/h3-8H,9H2,1-2H3,(H2,20,21)/t17-/m0/s1. The van der Waals surface area contributed by atoms with E-state index in [1.807, 2.05) is 25.1 Å². The van der Waals surface area contributed by atoms with Crippen LogP contribution in [0.4, 0.5) is 4.39 Å².